The fourth-order valence-corrected chi connectivity index (χ4v) is 8.74. The minimum absolute atomic E-state index is 0.199. The summed E-state index contributed by atoms with van der Waals surface area (Å²) >= 11 is 0. The maximum atomic E-state index is 15.7. The van der Waals surface area contributed by atoms with Gasteiger partial charge >= 0.3 is 12.4 Å². The summed E-state index contributed by atoms with van der Waals surface area (Å²) in [7, 11) is 0. The Morgan fingerprint density at radius 2 is 0.800 bits per heavy atom. The molecule has 0 radical (unpaired) electrons. The van der Waals surface area contributed by atoms with Crippen molar-refractivity contribution < 1.29 is 26.3 Å². The Kier molecular flexibility index (Phi) is 8.54. The molecule has 0 aliphatic rings. The van der Waals surface area contributed by atoms with Crippen molar-refractivity contribution in [1.29, 1.82) is 0 Å². The molecule has 60 heavy (non-hydrogen) atoms. The molecule has 0 aliphatic carbocycles. The summed E-state index contributed by atoms with van der Waals surface area (Å²) in [5.74, 6) is 0. The molecule has 10 aromatic rings. The third-order valence-electron chi connectivity index (χ3n) is 11.5. The van der Waals surface area contributed by atoms with E-state index in [2.05, 4.69) is 12.1 Å². The Bertz CT molecular complexity index is 3330. The molecule has 2 nitrogen and oxygen atoms in total. The molecular formula is C52H34F6N2. The lowest BCUT2D eigenvalue weighted by Crippen LogP contribution is -2.12. The van der Waals surface area contributed by atoms with Crippen molar-refractivity contribution in [2.45, 2.75) is 26.2 Å². The van der Waals surface area contributed by atoms with Crippen molar-refractivity contribution in [3.8, 4) is 44.8 Å². The minimum atomic E-state index is -4.94. The first kappa shape index (κ1) is 37.2. The summed E-state index contributed by atoms with van der Waals surface area (Å²) < 4.78 is 93.3. The number of hydrogen-bond donors (Lipinski definition) is 0. The maximum Gasteiger partial charge on any atom is 0.417 e. The van der Waals surface area contributed by atoms with E-state index in [1.54, 1.807) is 0 Å². The zero-order chi connectivity index (χ0) is 41.5. The van der Waals surface area contributed by atoms with Gasteiger partial charge in [0.2, 0.25) is 0 Å². The van der Waals surface area contributed by atoms with E-state index in [0.29, 0.717) is 16.7 Å². The molecule has 0 amide bonds. The molecule has 8 aromatic carbocycles. The molecule has 0 atom stereocenters. The molecule has 294 valence electrons. The second-order valence-corrected chi connectivity index (χ2v) is 15.4. The van der Waals surface area contributed by atoms with Crippen molar-refractivity contribution >= 4 is 43.6 Å². The zero-order valence-electron chi connectivity index (χ0n) is 32.3. The van der Waals surface area contributed by atoms with Crippen molar-refractivity contribution in [3.63, 3.8) is 0 Å². The largest absolute Gasteiger partial charge is 0.417 e. The molecule has 0 fully saturated rings. The molecule has 10 rings (SSSR count). The third-order valence-corrected chi connectivity index (χ3v) is 11.5. The Morgan fingerprint density at radius 1 is 0.350 bits per heavy atom. The van der Waals surface area contributed by atoms with E-state index in [-0.39, 0.29) is 16.8 Å². The van der Waals surface area contributed by atoms with Crippen LogP contribution in [0.2, 0.25) is 0 Å². The van der Waals surface area contributed by atoms with Crippen LogP contribution in [0.3, 0.4) is 0 Å². The molecule has 2 aromatic heterocycles. The number of fused-ring (bicyclic) bond motifs is 6. The van der Waals surface area contributed by atoms with Gasteiger partial charge in [0.25, 0.3) is 0 Å². The number of aromatic nitrogens is 2. The number of nitrogens with zero attached hydrogens (tertiary/aromatic N) is 2. The van der Waals surface area contributed by atoms with Gasteiger partial charge in [-0.05, 0) is 95.8 Å². The van der Waals surface area contributed by atoms with Gasteiger partial charge < -0.3 is 9.13 Å². The fourth-order valence-electron chi connectivity index (χ4n) is 8.74. The van der Waals surface area contributed by atoms with Crippen molar-refractivity contribution in [3.05, 3.63) is 192 Å². The van der Waals surface area contributed by atoms with Gasteiger partial charge in [0.15, 0.2) is 0 Å². The molecule has 0 unspecified atom stereocenters. The van der Waals surface area contributed by atoms with Crippen LogP contribution in [-0.4, -0.2) is 9.13 Å². The molecule has 0 N–H and O–H groups in total. The average Bonchev–Trinajstić information content (AvgIpc) is 3.74. The number of halogens is 6. The molecule has 2 heterocycles. The standard InChI is InChI=1S/C52H34F6N2/c1-31-10-7-12-33(24-31)35-20-22-41-39-16-3-5-18-45(39)59(47(41)27-35)49-29-43(37-14-9-15-38(26-37)51(53,54)55)44(52(56,57)58)30-50(49)60-46-19-6-4-17-40(46)42-23-21-36(28-48(42)60)34-13-8-11-32(2)25-34/h3-30H,1-2H3. The lowest BCUT2D eigenvalue weighted by atomic mass is 9.95. The van der Waals surface area contributed by atoms with Gasteiger partial charge in [-0.15, -0.1) is 0 Å². The van der Waals surface area contributed by atoms with E-state index in [9.17, 15) is 13.2 Å². The Hall–Kier alpha value is -7.06. The van der Waals surface area contributed by atoms with Crippen LogP contribution in [0.15, 0.2) is 170 Å². The zero-order valence-corrected chi connectivity index (χ0v) is 32.3. The van der Waals surface area contributed by atoms with Crippen LogP contribution in [0, 0.1) is 13.8 Å². The number of aryl methyl sites for hydroxylation is 2. The molecule has 0 spiro atoms. The number of rotatable bonds is 5. The smallest absolute Gasteiger partial charge is 0.307 e. The van der Waals surface area contributed by atoms with E-state index in [0.717, 1.165) is 90.2 Å². The van der Waals surface area contributed by atoms with Crippen molar-refractivity contribution in [1.82, 2.24) is 9.13 Å². The predicted molar refractivity (Wildman–Crippen MR) is 231 cm³/mol. The van der Waals surface area contributed by atoms with E-state index in [1.807, 2.05) is 144 Å². The van der Waals surface area contributed by atoms with Crippen LogP contribution in [-0.2, 0) is 12.4 Å². The first-order valence-electron chi connectivity index (χ1n) is 19.5. The van der Waals surface area contributed by atoms with E-state index in [4.69, 9.17) is 0 Å². The highest BCUT2D eigenvalue weighted by molar-refractivity contribution is 6.12. The minimum Gasteiger partial charge on any atom is -0.307 e. The molecule has 8 heteroatoms. The normalized spacial score (nSPS) is 12.3. The summed E-state index contributed by atoms with van der Waals surface area (Å²) in [6, 6.07) is 50.2. The summed E-state index contributed by atoms with van der Waals surface area (Å²) in [5.41, 5.74) is 6.58. The predicted octanol–water partition coefficient (Wildman–Crippen LogP) is 15.5. The van der Waals surface area contributed by atoms with Gasteiger partial charge in [0.05, 0.1) is 44.6 Å². The summed E-state index contributed by atoms with van der Waals surface area (Å²) in [4.78, 5) is 0. The van der Waals surface area contributed by atoms with Gasteiger partial charge in [-0.2, -0.15) is 26.3 Å². The first-order chi connectivity index (χ1) is 28.8. The molecule has 0 saturated carbocycles. The Balaban J connectivity index is 1.38. The van der Waals surface area contributed by atoms with Gasteiger partial charge in [-0.1, -0.05) is 132 Å². The quantitative estimate of drug-likeness (QED) is 0.153. The van der Waals surface area contributed by atoms with Crippen LogP contribution >= 0.6 is 0 Å². The molecule has 0 bridgehead atoms. The van der Waals surface area contributed by atoms with Gasteiger partial charge in [0, 0.05) is 21.5 Å². The Labute approximate surface area is 341 Å². The summed E-state index contributed by atoms with van der Waals surface area (Å²) in [5, 5.41) is 3.43. The third kappa shape index (κ3) is 6.22. The number of para-hydroxylation sites is 2. The second kappa shape index (κ2) is 13.8. The SMILES string of the molecule is Cc1cccc(-c2ccc3c4ccccc4n(-c4cc(-c5cccc(C(F)(F)F)c5)c(C(F)(F)F)cc4-n4c5ccccc5c5ccc(-c6cccc(C)c6)cc54)c3c2)c1. The number of benzene rings is 8. The highest BCUT2D eigenvalue weighted by atomic mass is 19.4. The van der Waals surface area contributed by atoms with Gasteiger partial charge in [-0.3, -0.25) is 0 Å². The fraction of sp³-hybridized carbons (Fsp3) is 0.0769. The monoisotopic (exact) mass is 800 g/mol. The number of alkyl halides is 6. The lowest BCUT2D eigenvalue weighted by molar-refractivity contribution is -0.137. The van der Waals surface area contributed by atoms with E-state index < -0.39 is 23.5 Å². The molecular weight excluding hydrogens is 767 g/mol. The van der Waals surface area contributed by atoms with E-state index >= 15 is 13.2 Å². The van der Waals surface area contributed by atoms with Crippen molar-refractivity contribution in [2.75, 3.05) is 0 Å². The van der Waals surface area contributed by atoms with Crippen LogP contribution in [0.5, 0.6) is 0 Å². The van der Waals surface area contributed by atoms with Crippen LogP contribution in [0.4, 0.5) is 26.3 Å². The van der Waals surface area contributed by atoms with Crippen molar-refractivity contribution in [2.24, 2.45) is 0 Å². The van der Waals surface area contributed by atoms with Crippen LogP contribution < -0.4 is 0 Å². The summed E-state index contributed by atoms with van der Waals surface area (Å²) in [6.07, 6.45) is -9.71. The maximum absolute atomic E-state index is 15.7. The average molecular weight is 801 g/mol. The second-order valence-electron chi connectivity index (χ2n) is 15.4. The van der Waals surface area contributed by atoms with Crippen LogP contribution in [0.25, 0.3) is 88.4 Å². The number of hydrogen-bond acceptors (Lipinski definition) is 0. The topological polar surface area (TPSA) is 9.86 Å². The van der Waals surface area contributed by atoms with Crippen LogP contribution in [0.1, 0.15) is 22.3 Å². The molecule has 0 aliphatic heterocycles. The Morgan fingerprint density at radius 3 is 1.30 bits per heavy atom. The highest BCUT2D eigenvalue weighted by Crippen LogP contribution is 2.46. The van der Waals surface area contributed by atoms with Gasteiger partial charge in [0.1, 0.15) is 0 Å². The summed E-state index contributed by atoms with van der Waals surface area (Å²) in [6.45, 7) is 4.02. The first-order valence-corrected chi connectivity index (χ1v) is 19.5. The molecule has 0 saturated heterocycles. The van der Waals surface area contributed by atoms with Gasteiger partial charge in [-0.25, -0.2) is 0 Å². The lowest BCUT2D eigenvalue weighted by Gasteiger charge is -2.22. The van der Waals surface area contributed by atoms with E-state index in [1.165, 1.54) is 12.1 Å². The highest BCUT2D eigenvalue weighted by Gasteiger charge is 2.37.